The van der Waals surface area contributed by atoms with Crippen LogP contribution in [0.3, 0.4) is 0 Å². The van der Waals surface area contributed by atoms with E-state index in [0.717, 1.165) is 32.7 Å². The fraction of sp³-hybridized carbons (Fsp3) is 0.125. The second-order valence-electron chi connectivity index (χ2n) is 6.95. The summed E-state index contributed by atoms with van der Waals surface area (Å²) in [6.07, 6.45) is 1.74. The molecule has 0 aliphatic carbocycles. The Balaban J connectivity index is 1.99. The summed E-state index contributed by atoms with van der Waals surface area (Å²) in [5, 5.41) is 0.490. The van der Waals surface area contributed by atoms with E-state index in [1.54, 1.807) is 26.4 Å². The van der Waals surface area contributed by atoms with Crippen molar-refractivity contribution in [2.45, 2.75) is 0 Å². The third-order valence-electron chi connectivity index (χ3n) is 5.16. The van der Waals surface area contributed by atoms with Crippen molar-refractivity contribution in [2.75, 3.05) is 7.11 Å². The Morgan fingerprint density at radius 2 is 1.57 bits per heavy atom. The second-order valence-corrected chi connectivity index (χ2v) is 6.95. The molecule has 0 unspecified atom stereocenters. The van der Waals surface area contributed by atoms with E-state index in [9.17, 15) is 9.59 Å². The Hall–Kier alpha value is -3.93. The van der Waals surface area contributed by atoms with Gasteiger partial charge < -0.3 is 4.74 Å². The summed E-state index contributed by atoms with van der Waals surface area (Å²) >= 11 is 0. The third-order valence-corrected chi connectivity index (χ3v) is 5.16. The van der Waals surface area contributed by atoms with Gasteiger partial charge in [0.1, 0.15) is 5.75 Å². The molecule has 1 aromatic heterocycles. The molecule has 0 radical (unpaired) electrons. The molecule has 0 aliphatic rings. The molecule has 0 fully saturated rings. The molecule has 4 aromatic rings. The maximum Gasteiger partial charge on any atom is 0.330 e. The Kier molecular flexibility index (Phi) is 5.06. The highest BCUT2D eigenvalue weighted by Gasteiger charge is 2.16. The number of fused-ring (bicyclic) bond motifs is 1. The summed E-state index contributed by atoms with van der Waals surface area (Å²) < 4.78 is 7.82. The minimum absolute atomic E-state index is 0.327. The highest BCUT2D eigenvalue weighted by atomic mass is 16.5. The zero-order valence-corrected chi connectivity index (χ0v) is 17.0. The lowest BCUT2D eigenvalue weighted by Gasteiger charge is -2.14. The van der Waals surface area contributed by atoms with Gasteiger partial charge in [0, 0.05) is 31.4 Å². The zero-order chi connectivity index (χ0) is 21.3. The molecular formula is C24H21N3O3. The standard InChI is InChI=1S/C24H21N3O3/c1-26-20-14-9-17(15-25-18-10-12-19(30-3)13-11-18)21(16-7-5-4-6-8-16)22(20)23(28)27(2)24(26)29/h4-15H,1-3H3. The van der Waals surface area contributed by atoms with Gasteiger partial charge in [0.2, 0.25) is 0 Å². The van der Waals surface area contributed by atoms with Gasteiger partial charge >= 0.3 is 5.69 Å². The van der Waals surface area contributed by atoms with Gasteiger partial charge in [0.15, 0.2) is 0 Å². The lowest BCUT2D eigenvalue weighted by atomic mass is 9.96. The van der Waals surface area contributed by atoms with E-state index in [1.165, 1.54) is 11.6 Å². The largest absolute Gasteiger partial charge is 0.497 e. The van der Waals surface area contributed by atoms with E-state index in [-0.39, 0.29) is 11.2 Å². The number of nitrogens with zero attached hydrogens (tertiary/aromatic N) is 3. The Bertz CT molecular complexity index is 1370. The van der Waals surface area contributed by atoms with Crippen molar-refractivity contribution in [3.05, 3.63) is 93.1 Å². The van der Waals surface area contributed by atoms with Gasteiger partial charge in [-0.15, -0.1) is 0 Å². The molecule has 1 heterocycles. The molecule has 3 aromatic carbocycles. The second kappa shape index (κ2) is 7.83. The van der Waals surface area contributed by atoms with Crippen LogP contribution in [0.15, 0.2) is 81.3 Å². The highest BCUT2D eigenvalue weighted by Crippen LogP contribution is 2.29. The molecule has 0 atom stereocenters. The summed E-state index contributed by atoms with van der Waals surface area (Å²) in [4.78, 5) is 30.1. The summed E-state index contributed by atoms with van der Waals surface area (Å²) in [6, 6.07) is 20.8. The van der Waals surface area contributed by atoms with Crippen LogP contribution in [0.2, 0.25) is 0 Å². The molecule has 0 spiro atoms. The molecule has 0 amide bonds. The Morgan fingerprint density at radius 1 is 0.867 bits per heavy atom. The van der Waals surface area contributed by atoms with Crippen LogP contribution in [-0.4, -0.2) is 22.5 Å². The topological polar surface area (TPSA) is 65.6 Å². The summed E-state index contributed by atoms with van der Waals surface area (Å²) in [5.74, 6) is 0.758. The van der Waals surface area contributed by atoms with Crippen molar-refractivity contribution in [3.63, 3.8) is 0 Å². The van der Waals surface area contributed by atoms with E-state index < -0.39 is 0 Å². The van der Waals surface area contributed by atoms with E-state index in [4.69, 9.17) is 4.74 Å². The Labute approximate surface area is 173 Å². The molecule has 0 N–H and O–H groups in total. The predicted octanol–water partition coefficient (Wildman–Crippen LogP) is 3.66. The summed E-state index contributed by atoms with van der Waals surface area (Å²) in [5.41, 5.74) is 3.10. The number of rotatable bonds is 4. The Morgan fingerprint density at radius 3 is 2.23 bits per heavy atom. The van der Waals surface area contributed by atoms with Crippen LogP contribution >= 0.6 is 0 Å². The number of aliphatic imine (C=N–C) groups is 1. The van der Waals surface area contributed by atoms with Crippen molar-refractivity contribution >= 4 is 22.8 Å². The molecule has 4 rings (SSSR count). The van der Waals surface area contributed by atoms with Gasteiger partial charge in [0.25, 0.3) is 5.56 Å². The molecule has 0 saturated heterocycles. The first-order chi connectivity index (χ1) is 14.5. The van der Waals surface area contributed by atoms with Crippen LogP contribution in [0.25, 0.3) is 22.0 Å². The molecule has 0 saturated carbocycles. The summed E-state index contributed by atoms with van der Waals surface area (Å²) in [6.45, 7) is 0. The fourth-order valence-corrected chi connectivity index (χ4v) is 3.52. The molecule has 6 nitrogen and oxygen atoms in total. The van der Waals surface area contributed by atoms with Crippen LogP contribution in [0.1, 0.15) is 5.56 Å². The van der Waals surface area contributed by atoms with E-state index in [0.29, 0.717) is 10.9 Å². The molecule has 30 heavy (non-hydrogen) atoms. The highest BCUT2D eigenvalue weighted by molar-refractivity contribution is 6.04. The van der Waals surface area contributed by atoms with Crippen molar-refractivity contribution in [3.8, 4) is 16.9 Å². The monoisotopic (exact) mass is 399 g/mol. The molecular weight excluding hydrogens is 378 g/mol. The SMILES string of the molecule is COc1ccc(N=Cc2ccc3c(c2-c2ccccc2)c(=O)n(C)c(=O)n3C)cc1. The normalized spacial score (nSPS) is 11.3. The predicted molar refractivity (Wildman–Crippen MR) is 120 cm³/mol. The van der Waals surface area contributed by atoms with Gasteiger partial charge in [-0.25, -0.2) is 4.79 Å². The molecule has 0 bridgehead atoms. The minimum Gasteiger partial charge on any atom is -0.497 e. The van der Waals surface area contributed by atoms with E-state index in [2.05, 4.69) is 4.99 Å². The first kappa shape index (κ1) is 19.4. The van der Waals surface area contributed by atoms with Crippen molar-refractivity contribution in [1.29, 1.82) is 0 Å². The van der Waals surface area contributed by atoms with Crippen molar-refractivity contribution < 1.29 is 4.74 Å². The van der Waals surface area contributed by atoms with Crippen LogP contribution in [0.5, 0.6) is 5.75 Å². The zero-order valence-electron chi connectivity index (χ0n) is 17.0. The van der Waals surface area contributed by atoms with Gasteiger partial charge in [-0.2, -0.15) is 0 Å². The minimum atomic E-state index is -0.355. The average molecular weight is 399 g/mol. The van der Waals surface area contributed by atoms with Crippen LogP contribution in [0, 0.1) is 0 Å². The maximum atomic E-state index is 13.1. The fourth-order valence-electron chi connectivity index (χ4n) is 3.52. The van der Waals surface area contributed by atoms with Crippen molar-refractivity contribution in [1.82, 2.24) is 9.13 Å². The van der Waals surface area contributed by atoms with E-state index >= 15 is 0 Å². The summed E-state index contributed by atoms with van der Waals surface area (Å²) in [7, 11) is 4.79. The lowest BCUT2D eigenvalue weighted by molar-refractivity contribution is 0.415. The first-order valence-corrected chi connectivity index (χ1v) is 9.47. The molecule has 6 heteroatoms. The lowest BCUT2D eigenvalue weighted by Crippen LogP contribution is -2.37. The van der Waals surface area contributed by atoms with Gasteiger partial charge in [-0.05, 0) is 35.9 Å². The number of ether oxygens (including phenoxy) is 1. The number of benzene rings is 3. The molecule has 150 valence electrons. The van der Waals surface area contributed by atoms with Crippen molar-refractivity contribution in [2.24, 2.45) is 19.1 Å². The number of methoxy groups -OCH3 is 1. The number of hydrogen-bond acceptors (Lipinski definition) is 4. The van der Waals surface area contributed by atoms with Crippen LogP contribution in [0.4, 0.5) is 5.69 Å². The smallest absolute Gasteiger partial charge is 0.330 e. The van der Waals surface area contributed by atoms with E-state index in [1.807, 2.05) is 60.7 Å². The third kappa shape index (κ3) is 3.33. The van der Waals surface area contributed by atoms with Gasteiger partial charge in [-0.1, -0.05) is 36.4 Å². The number of aryl methyl sites for hydroxylation is 1. The van der Waals surface area contributed by atoms with Gasteiger partial charge in [-0.3, -0.25) is 18.9 Å². The average Bonchev–Trinajstić information content (AvgIpc) is 2.80. The molecule has 0 aliphatic heterocycles. The maximum absolute atomic E-state index is 13.1. The number of aromatic nitrogens is 2. The first-order valence-electron chi connectivity index (χ1n) is 9.47. The van der Waals surface area contributed by atoms with Crippen LogP contribution in [-0.2, 0) is 14.1 Å². The number of hydrogen-bond donors (Lipinski definition) is 0. The van der Waals surface area contributed by atoms with Gasteiger partial charge in [0.05, 0.1) is 23.7 Å². The van der Waals surface area contributed by atoms with Crippen LogP contribution < -0.4 is 16.0 Å². The quantitative estimate of drug-likeness (QED) is 0.492.